The lowest BCUT2D eigenvalue weighted by atomic mass is 9.84. The highest BCUT2D eigenvalue weighted by atomic mass is 16.3. The van der Waals surface area contributed by atoms with E-state index in [9.17, 15) is 5.11 Å². The van der Waals surface area contributed by atoms with Crippen LogP contribution in [0.25, 0.3) is 0 Å². The first-order chi connectivity index (χ1) is 6.81. The SMILES string of the molecule is OC[C@H]1CC[C@]2(CCN(C3CC3)C2)C1. The van der Waals surface area contributed by atoms with Gasteiger partial charge >= 0.3 is 0 Å². The summed E-state index contributed by atoms with van der Waals surface area (Å²) >= 11 is 0. The Morgan fingerprint density at radius 3 is 2.71 bits per heavy atom. The molecule has 0 aromatic rings. The van der Waals surface area contributed by atoms with Crippen LogP contribution in [0.3, 0.4) is 0 Å². The van der Waals surface area contributed by atoms with Crippen LogP contribution in [0.5, 0.6) is 0 Å². The topological polar surface area (TPSA) is 23.5 Å². The number of aliphatic hydroxyl groups excluding tert-OH is 1. The van der Waals surface area contributed by atoms with Gasteiger partial charge in [0.1, 0.15) is 0 Å². The van der Waals surface area contributed by atoms with E-state index in [1.165, 1.54) is 51.6 Å². The first kappa shape index (κ1) is 9.17. The second-order valence-electron chi connectivity index (χ2n) is 5.74. The van der Waals surface area contributed by atoms with Gasteiger partial charge < -0.3 is 5.11 Å². The number of hydrogen-bond acceptors (Lipinski definition) is 2. The molecule has 3 fully saturated rings. The maximum atomic E-state index is 9.18. The lowest BCUT2D eigenvalue weighted by Crippen LogP contribution is -2.27. The van der Waals surface area contributed by atoms with Crippen molar-refractivity contribution in [3.05, 3.63) is 0 Å². The monoisotopic (exact) mass is 195 g/mol. The van der Waals surface area contributed by atoms with Gasteiger partial charge in [-0.2, -0.15) is 0 Å². The Bertz CT molecular complexity index is 226. The van der Waals surface area contributed by atoms with E-state index < -0.39 is 0 Å². The van der Waals surface area contributed by atoms with Crippen molar-refractivity contribution in [1.82, 2.24) is 4.90 Å². The van der Waals surface area contributed by atoms with Gasteiger partial charge in [-0.25, -0.2) is 0 Å². The van der Waals surface area contributed by atoms with Crippen LogP contribution in [0, 0.1) is 11.3 Å². The molecule has 0 unspecified atom stereocenters. The molecule has 2 nitrogen and oxygen atoms in total. The minimum Gasteiger partial charge on any atom is -0.396 e. The molecule has 0 aromatic heterocycles. The summed E-state index contributed by atoms with van der Waals surface area (Å²) in [6.07, 6.45) is 8.24. The predicted octanol–water partition coefficient (Wildman–Crippen LogP) is 1.63. The van der Waals surface area contributed by atoms with E-state index in [4.69, 9.17) is 0 Å². The third-order valence-electron chi connectivity index (χ3n) is 4.59. The summed E-state index contributed by atoms with van der Waals surface area (Å²) in [6, 6.07) is 0.947. The summed E-state index contributed by atoms with van der Waals surface area (Å²) in [5.41, 5.74) is 0.621. The van der Waals surface area contributed by atoms with E-state index >= 15 is 0 Å². The van der Waals surface area contributed by atoms with Gasteiger partial charge in [-0.05, 0) is 56.4 Å². The van der Waals surface area contributed by atoms with E-state index in [2.05, 4.69) is 4.90 Å². The fraction of sp³-hybridized carbons (Fsp3) is 1.00. The molecule has 80 valence electrons. The zero-order chi connectivity index (χ0) is 9.60. The van der Waals surface area contributed by atoms with Crippen molar-refractivity contribution in [1.29, 1.82) is 0 Å². The van der Waals surface area contributed by atoms with E-state index in [0.29, 0.717) is 17.9 Å². The van der Waals surface area contributed by atoms with Crippen molar-refractivity contribution in [3.8, 4) is 0 Å². The van der Waals surface area contributed by atoms with Gasteiger partial charge in [-0.1, -0.05) is 0 Å². The number of aliphatic hydroxyl groups is 1. The third kappa shape index (κ3) is 1.49. The van der Waals surface area contributed by atoms with Crippen molar-refractivity contribution in [3.63, 3.8) is 0 Å². The van der Waals surface area contributed by atoms with Crippen LogP contribution >= 0.6 is 0 Å². The van der Waals surface area contributed by atoms with Crippen LogP contribution in [0.1, 0.15) is 38.5 Å². The quantitative estimate of drug-likeness (QED) is 0.724. The molecular weight excluding hydrogens is 174 g/mol. The number of nitrogens with zero attached hydrogens (tertiary/aromatic N) is 1. The molecule has 3 rings (SSSR count). The van der Waals surface area contributed by atoms with Crippen LogP contribution in [0.15, 0.2) is 0 Å². The summed E-state index contributed by atoms with van der Waals surface area (Å²) in [5.74, 6) is 0.620. The molecule has 1 saturated heterocycles. The molecule has 2 heteroatoms. The van der Waals surface area contributed by atoms with E-state index in [0.717, 1.165) is 6.04 Å². The largest absolute Gasteiger partial charge is 0.396 e. The normalized spacial score (nSPS) is 43.9. The predicted molar refractivity (Wildman–Crippen MR) is 56.1 cm³/mol. The Kier molecular flexibility index (Phi) is 2.10. The highest BCUT2D eigenvalue weighted by molar-refractivity contribution is 4.99. The fourth-order valence-corrected chi connectivity index (χ4v) is 3.57. The standard InChI is InChI=1S/C12H21NO/c14-8-10-3-4-12(7-10)5-6-13(9-12)11-1-2-11/h10-11,14H,1-9H2/t10-,12-/m0/s1. The van der Waals surface area contributed by atoms with Gasteiger partial charge in [0.05, 0.1) is 0 Å². The zero-order valence-electron chi connectivity index (χ0n) is 8.91. The molecule has 2 saturated carbocycles. The molecule has 2 atom stereocenters. The summed E-state index contributed by atoms with van der Waals surface area (Å²) in [7, 11) is 0. The van der Waals surface area contributed by atoms with Crippen molar-refractivity contribution in [2.24, 2.45) is 11.3 Å². The first-order valence-electron chi connectivity index (χ1n) is 6.16. The molecule has 2 aliphatic carbocycles. The van der Waals surface area contributed by atoms with Crippen LogP contribution < -0.4 is 0 Å². The molecule has 14 heavy (non-hydrogen) atoms. The van der Waals surface area contributed by atoms with Crippen LogP contribution in [0.4, 0.5) is 0 Å². The molecule has 1 aliphatic heterocycles. The van der Waals surface area contributed by atoms with Gasteiger partial charge in [0, 0.05) is 19.2 Å². The summed E-state index contributed by atoms with van der Waals surface area (Å²) in [6.45, 7) is 3.10. The lowest BCUT2D eigenvalue weighted by Gasteiger charge is -2.24. The van der Waals surface area contributed by atoms with E-state index in [-0.39, 0.29) is 0 Å². The van der Waals surface area contributed by atoms with Crippen molar-refractivity contribution < 1.29 is 5.11 Å². The van der Waals surface area contributed by atoms with Crippen LogP contribution in [-0.2, 0) is 0 Å². The van der Waals surface area contributed by atoms with E-state index in [1.807, 2.05) is 0 Å². The molecule has 0 amide bonds. The minimum atomic E-state index is 0.422. The Morgan fingerprint density at radius 1 is 1.21 bits per heavy atom. The maximum absolute atomic E-state index is 9.18. The molecule has 3 aliphatic rings. The maximum Gasteiger partial charge on any atom is 0.0459 e. The fourth-order valence-electron chi connectivity index (χ4n) is 3.57. The lowest BCUT2D eigenvalue weighted by molar-refractivity contribution is 0.203. The zero-order valence-corrected chi connectivity index (χ0v) is 8.91. The van der Waals surface area contributed by atoms with Gasteiger partial charge in [-0.3, -0.25) is 4.90 Å². The first-order valence-corrected chi connectivity index (χ1v) is 6.16. The summed E-state index contributed by atoms with van der Waals surface area (Å²) in [4.78, 5) is 2.71. The third-order valence-corrected chi connectivity index (χ3v) is 4.59. The number of likely N-dealkylation sites (tertiary alicyclic amines) is 1. The Morgan fingerprint density at radius 2 is 2.07 bits per heavy atom. The molecule has 0 radical (unpaired) electrons. The molecule has 1 heterocycles. The Balaban J connectivity index is 1.63. The average molecular weight is 195 g/mol. The molecule has 1 spiro atoms. The van der Waals surface area contributed by atoms with Gasteiger partial charge in [0.15, 0.2) is 0 Å². The van der Waals surface area contributed by atoms with Gasteiger partial charge in [0.25, 0.3) is 0 Å². The molecule has 0 bridgehead atoms. The van der Waals surface area contributed by atoms with Crippen LogP contribution in [-0.4, -0.2) is 35.7 Å². The highest BCUT2D eigenvalue weighted by Crippen LogP contribution is 2.49. The second kappa shape index (κ2) is 3.21. The second-order valence-corrected chi connectivity index (χ2v) is 5.74. The molecule has 0 aromatic carbocycles. The van der Waals surface area contributed by atoms with Gasteiger partial charge in [-0.15, -0.1) is 0 Å². The van der Waals surface area contributed by atoms with Crippen LogP contribution in [0.2, 0.25) is 0 Å². The van der Waals surface area contributed by atoms with E-state index in [1.54, 1.807) is 0 Å². The number of hydrogen-bond donors (Lipinski definition) is 1. The molecular formula is C12H21NO. The van der Waals surface area contributed by atoms with Crippen molar-refractivity contribution in [2.75, 3.05) is 19.7 Å². The summed E-state index contributed by atoms with van der Waals surface area (Å²) in [5, 5.41) is 9.18. The highest BCUT2D eigenvalue weighted by Gasteiger charge is 2.46. The average Bonchev–Trinajstić information content (AvgIpc) is 2.87. The Hall–Kier alpha value is -0.0800. The Labute approximate surface area is 86.3 Å². The molecule has 1 N–H and O–H groups in total. The van der Waals surface area contributed by atoms with Crippen molar-refractivity contribution in [2.45, 2.75) is 44.6 Å². The smallest absolute Gasteiger partial charge is 0.0459 e. The minimum absolute atomic E-state index is 0.422. The van der Waals surface area contributed by atoms with Gasteiger partial charge in [0.2, 0.25) is 0 Å². The summed E-state index contributed by atoms with van der Waals surface area (Å²) < 4.78 is 0. The number of rotatable bonds is 2. The van der Waals surface area contributed by atoms with Crippen molar-refractivity contribution >= 4 is 0 Å².